The molecule has 1 aromatic carbocycles. The molecule has 0 fully saturated rings. The molecule has 33 heavy (non-hydrogen) atoms. The van der Waals surface area contributed by atoms with Gasteiger partial charge in [-0.15, -0.1) is 0 Å². The first-order valence-corrected chi connectivity index (χ1v) is 12.6. The second-order valence-electron chi connectivity index (χ2n) is 6.96. The van der Waals surface area contributed by atoms with Crippen molar-refractivity contribution in [3.8, 4) is 6.07 Å². The molecule has 0 bridgehead atoms. The number of halogens is 3. The van der Waals surface area contributed by atoms with Gasteiger partial charge in [0.05, 0.1) is 21.9 Å². The highest BCUT2D eigenvalue weighted by Crippen LogP contribution is 2.51. The van der Waals surface area contributed by atoms with Crippen LogP contribution < -0.4 is 15.8 Å². The van der Waals surface area contributed by atoms with E-state index in [0.717, 1.165) is 23.6 Å². The number of nitrogens with two attached hydrogens (primary N) is 1. The molecular formula is C19H21F3N4O5S2. The molecule has 3 rings (SSSR count). The number of nitrogens with one attached hydrogen (secondary N) is 2. The minimum absolute atomic E-state index is 0.00776. The van der Waals surface area contributed by atoms with Gasteiger partial charge in [-0.25, -0.2) is 18.4 Å². The lowest BCUT2D eigenvalue weighted by Gasteiger charge is -2.22. The molecule has 1 amide bonds. The van der Waals surface area contributed by atoms with E-state index in [1.807, 2.05) is 0 Å². The Morgan fingerprint density at radius 2 is 1.88 bits per heavy atom. The zero-order valence-corrected chi connectivity index (χ0v) is 18.9. The van der Waals surface area contributed by atoms with E-state index in [9.17, 15) is 31.6 Å². The number of carbonyl (C=O) groups excluding carboxylic acids is 1. The van der Waals surface area contributed by atoms with Crippen molar-refractivity contribution < 1.29 is 36.3 Å². The van der Waals surface area contributed by atoms with Crippen LogP contribution in [0.1, 0.15) is 12.0 Å². The van der Waals surface area contributed by atoms with Gasteiger partial charge in [-0.1, -0.05) is 12.1 Å². The largest absolute Gasteiger partial charge is 0.490 e. The van der Waals surface area contributed by atoms with E-state index in [1.54, 1.807) is 12.1 Å². The molecule has 5 N–H and O–H groups in total. The highest BCUT2D eigenvalue weighted by atomic mass is 32.2. The van der Waals surface area contributed by atoms with E-state index in [0.29, 0.717) is 17.7 Å². The average Bonchev–Trinajstić information content (AvgIpc) is 2.98. The third kappa shape index (κ3) is 6.81. The highest BCUT2D eigenvalue weighted by Gasteiger charge is 2.38. The maximum atomic E-state index is 12.4. The van der Waals surface area contributed by atoms with Gasteiger partial charge in [0.2, 0.25) is 15.9 Å². The molecule has 1 unspecified atom stereocenters. The van der Waals surface area contributed by atoms with Crippen molar-refractivity contribution in [2.75, 3.05) is 19.3 Å². The number of primary sulfonamides is 1. The molecule has 0 saturated carbocycles. The van der Waals surface area contributed by atoms with Gasteiger partial charge in [0, 0.05) is 6.54 Å². The Bertz CT molecular complexity index is 1150. The standard InChI is InChI=1S/C17H20N4O3S2.C2HF3O2/c1-25-15-6-7-20-10-14(15)13(9-18)17(25)21-16(22)8-11-2-4-12(5-3-11)26(19,23)24;3-2(4,5)1(6)7/h2-5,20,25H,6-8,10H2,1H3,(H,21,22)(H2,19,23,24);(H,6,7). The quantitative estimate of drug-likeness (QED) is 0.384. The van der Waals surface area contributed by atoms with Crippen LogP contribution in [0.3, 0.4) is 0 Å². The summed E-state index contributed by atoms with van der Waals surface area (Å²) in [5.41, 5.74) is 2.28. The molecule has 2 heterocycles. The smallest absolute Gasteiger partial charge is 0.475 e. The number of carbonyl (C=O) groups is 2. The molecule has 180 valence electrons. The van der Waals surface area contributed by atoms with Gasteiger partial charge in [0.25, 0.3) is 0 Å². The molecule has 1 aromatic rings. The number of amides is 1. The van der Waals surface area contributed by atoms with Crippen molar-refractivity contribution in [1.29, 1.82) is 5.26 Å². The summed E-state index contributed by atoms with van der Waals surface area (Å²) in [7, 11) is -4.44. The first-order chi connectivity index (χ1) is 15.3. The minimum atomic E-state index is -5.08. The van der Waals surface area contributed by atoms with Crippen molar-refractivity contribution in [2.24, 2.45) is 5.14 Å². The van der Waals surface area contributed by atoms with E-state index in [4.69, 9.17) is 15.0 Å². The molecular weight excluding hydrogens is 485 g/mol. The number of benzene rings is 1. The van der Waals surface area contributed by atoms with Crippen molar-refractivity contribution in [2.45, 2.75) is 23.9 Å². The normalized spacial score (nSPS) is 19.2. The zero-order valence-electron chi connectivity index (χ0n) is 17.2. The van der Waals surface area contributed by atoms with Crippen LogP contribution in [0.4, 0.5) is 13.2 Å². The Kier molecular flexibility index (Phi) is 8.30. The monoisotopic (exact) mass is 506 g/mol. The first-order valence-electron chi connectivity index (χ1n) is 9.28. The number of sulfonamides is 1. The Balaban J connectivity index is 0.000000479. The van der Waals surface area contributed by atoms with Crippen LogP contribution >= 0.6 is 10.9 Å². The first kappa shape index (κ1) is 26.4. The number of hydrogen-bond acceptors (Lipinski definition) is 6. The molecule has 0 spiro atoms. The summed E-state index contributed by atoms with van der Waals surface area (Å²) < 4.78 is 54.3. The zero-order chi connectivity index (χ0) is 25.0. The van der Waals surface area contributed by atoms with Gasteiger partial charge >= 0.3 is 12.1 Å². The Morgan fingerprint density at radius 3 is 2.36 bits per heavy atom. The Labute approximate surface area is 190 Å². The fourth-order valence-corrected chi connectivity index (χ4v) is 5.79. The van der Waals surface area contributed by atoms with Crippen molar-refractivity contribution in [3.05, 3.63) is 50.9 Å². The number of carboxylic acids is 1. The summed E-state index contributed by atoms with van der Waals surface area (Å²) in [6.07, 6.45) is -2.02. The fraction of sp³-hybridized carbons (Fsp3) is 0.316. The average molecular weight is 507 g/mol. The van der Waals surface area contributed by atoms with E-state index in [-0.39, 0.29) is 17.2 Å². The third-order valence-electron chi connectivity index (χ3n) is 4.70. The SMILES string of the molecule is C[SH]1C2=C(CNCC2)C(C#N)=C1NC(=O)Cc1ccc(S(N)(=O)=O)cc1.O=C(O)C(F)(F)F. The van der Waals surface area contributed by atoms with E-state index < -0.39 is 33.1 Å². The highest BCUT2D eigenvalue weighted by molar-refractivity contribution is 8.23. The van der Waals surface area contributed by atoms with Gasteiger partial charge < -0.3 is 15.7 Å². The van der Waals surface area contributed by atoms with Gasteiger partial charge in [0.15, 0.2) is 0 Å². The number of hydrogen-bond donors (Lipinski definition) is 5. The third-order valence-corrected chi connectivity index (χ3v) is 7.93. The van der Waals surface area contributed by atoms with Crippen molar-refractivity contribution in [3.63, 3.8) is 0 Å². The lowest BCUT2D eigenvalue weighted by molar-refractivity contribution is -0.192. The predicted octanol–water partition coefficient (Wildman–Crippen LogP) is 1.25. The van der Waals surface area contributed by atoms with Crippen LogP contribution in [0.5, 0.6) is 0 Å². The minimum Gasteiger partial charge on any atom is -0.475 e. The van der Waals surface area contributed by atoms with Crippen LogP contribution in [-0.4, -0.2) is 50.9 Å². The summed E-state index contributed by atoms with van der Waals surface area (Å²) in [6.45, 7) is 1.56. The number of thiol groups is 1. The van der Waals surface area contributed by atoms with Crippen LogP contribution in [-0.2, 0) is 26.0 Å². The van der Waals surface area contributed by atoms with E-state index in [1.165, 1.54) is 17.0 Å². The van der Waals surface area contributed by atoms with Crippen LogP contribution in [0, 0.1) is 11.3 Å². The number of carboxylic acid groups (broad SMARTS) is 1. The molecule has 0 radical (unpaired) electrons. The maximum absolute atomic E-state index is 12.4. The Hall–Kier alpha value is -2.86. The second kappa shape index (κ2) is 10.4. The van der Waals surface area contributed by atoms with Crippen molar-refractivity contribution in [1.82, 2.24) is 10.6 Å². The van der Waals surface area contributed by atoms with Gasteiger partial charge in [-0.05, 0) is 47.4 Å². The summed E-state index contributed by atoms with van der Waals surface area (Å²) in [4.78, 5) is 22.6. The molecule has 1 atom stereocenters. The molecule has 0 aromatic heterocycles. The van der Waals surface area contributed by atoms with Gasteiger partial charge in [-0.3, -0.25) is 4.79 Å². The molecule has 14 heteroatoms. The van der Waals surface area contributed by atoms with Crippen molar-refractivity contribution >= 4 is 32.8 Å². The Morgan fingerprint density at radius 1 is 1.30 bits per heavy atom. The summed E-state index contributed by atoms with van der Waals surface area (Å²) in [5, 5.41) is 28.6. The topological polar surface area (TPSA) is 162 Å². The summed E-state index contributed by atoms with van der Waals surface area (Å²) in [6, 6.07) is 8.13. The molecule has 9 nitrogen and oxygen atoms in total. The van der Waals surface area contributed by atoms with Crippen LogP contribution in [0.15, 0.2) is 50.2 Å². The van der Waals surface area contributed by atoms with Crippen LogP contribution in [0.2, 0.25) is 0 Å². The fourth-order valence-electron chi connectivity index (χ4n) is 3.15. The van der Waals surface area contributed by atoms with Gasteiger partial charge in [0.1, 0.15) is 6.07 Å². The molecule has 0 saturated heterocycles. The number of aliphatic carboxylic acids is 1. The summed E-state index contributed by atoms with van der Waals surface area (Å²) >= 11 is 0. The molecule has 2 aliphatic heterocycles. The van der Waals surface area contributed by atoms with E-state index >= 15 is 0 Å². The molecule has 2 aliphatic rings. The molecule has 0 aliphatic carbocycles. The predicted molar refractivity (Wildman–Crippen MR) is 115 cm³/mol. The van der Waals surface area contributed by atoms with E-state index in [2.05, 4.69) is 23.0 Å². The number of alkyl halides is 3. The number of nitrogens with zero attached hydrogens (tertiary/aromatic N) is 1. The number of rotatable bonds is 4. The lowest BCUT2D eigenvalue weighted by Crippen LogP contribution is -2.25. The second-order valence-corrected chi connectivity index (χ2v) is 10.6. The summed E-state index contributed by atoms with van der Waals surface area (Å²) in [5.74, 6) is -2.98. The van der Waals surface area contributed by atoms with Gasteiger partial charge in [-0.2, -0.15) is 29.3 Å². The van der Waals surface area contributed by atoms with Crippen LogP contribution in [0.25, 0.3) is 0 Å². The number of nitriles is 1. The maximum Gasteiger partial charge on any atom is 0.490 e. The lowest BCUT2D eigenvalue weighted by atomic mass is 10.0.